The molecule has 1 aliphatic rings. The van der Waals surface area contributed by atoms with Crippen molar-refractivity contribution in [2.45, 2.75) is 18.9 Å². The maximum absolute atomic E-state index is 4.44. The van der Waals surface area contributed by atoms with E-state index in [1.165, 1.54) is 18.4 Å². The Morgan fingerprint density at radius 2 is 1.91 bits per heavy atom. The van der Waals surface area contributed by atoms with Gasteiger partial charge in [-0.25, -0.2) is 4.52 Å². The third-order valence-electron chi connectivity index (χ3n) is 4.52. The van der Waals surface area contributed by atoms with Crippen LogP contribution in [0.3, 0.4) is 0 Å². The van der Waals surface area contributed by atoms with Crippen molar-refractivity contribution >= 4 is 11.2 Å². The molecule has 1 saturated heterocycles. The molecule has 0 saturated carbocycles. The van der Waals surface area contributed by atoms with Gasteiger partial charge in [-0.2, -0.15) is 5.10 Å². The van der Waals surface area contributed by atoms with Crippen LogP contribution in [0.4, 0.5) is 0 Å². The number of aromatic nitrogens is 2. The van der Waals surface area contributed by atoms with E-state index in [2.05, 4.69) is 53.0 Å². The minimum absolute atomic E-state index is 0.423. The summed E-state index contributed by atoms with van der Waals surface area (Å²) in [6.07, 6.45) is 6.29. The van der Waals surface area contributed by atoms with E-state index in [1.54, 1.807) is 0 Å². The van der Waals surface area contributed by atoms with Gasteiger partial charge in [0.05, 0.1) is 17.8 Å². The molecule has 1 aliphatic heterocycles. The van der Waals surface area contributed by atoms with Crippen LogP contribution in [0.25, 0.3) is 11.2 Å². The van der Waals surface area contributed by atoms with E-state index in [1.807, 2.05) is 29.0 Å². The van der Waals surface area contributed by atoms with Gasteiger partial charge in [0.15, 0.2) is 0 Å². The fraction of sp³-hybridized carbons (Fsp3) is 0.211. The summed E-state index contributed by atoms with van der Waals surface area (Å²) in [7, 11) is 0. The SMILES string of the molecule is C=C(c1cnn2ccccc12)N1CCCC1c1ccccc1. The van der Waals surface area contributed by atoms with Crippen molar-refractivity contribution in [3.8, 4) is 0 Å². The molecule has 3 heterocycles. The molecule has 3 nitrogen and oxygen atoms in total. The highest BCUT2D eigenvalue weighted by Crippen LogP contribution is 2.38. The van der Waals surface area contributed by atoms with Crippen LogP contribution in [0.1, 0.15) is 30.0 Å². The number of likely N-dealkylation sites (tertiary alicyclic amines) is 1. The van der Waals surface area contributed by atoms with E-state index in [0.29, 0.717) is 6.04 Å². The third-order valence-corrected chi connectivity index (χ3v) is 4.52. The highest BCUT2D eigenvalue weighted by Gasteiger charge is 2.28. The van der Waals surface area contributed by atoms with Crippen LogP contribution in [0.5, 0.6) is 0 Å². The number of hydrogen-bond acceptors (Lipinski definition) is 2. The van der Waals surface area contributed by atoms with E-state index < -0.39 is 0 Å². The van der Waals surface area contributed by atoms with Gasteiger partial charge in [0.2, 0.25) is 0 Å². The third kappa shape index (κ3) is 2.10. The van der Waals surface area contributed by atoms with E-state index in [0.717, 1.165) is 23.3 Å². The van der Waals surface area contributed by atoms with E-state index in [4.69, 9.17) is 0 Å². The van der Waals surface area contributed by atoms with Gasteiger partial charge in [0, 0.05) is 24.0 Å². The summed E-state index contributed by atoms with van der Waals surface area (Å²) in [6, 6.07) is 17.3. The summed E-state index contributed by atoms with van der Waals surface area (Å²) in [4.78, 5) is 2.43. The molecule has 0 amide bonds. The molecule has 1 unspecified atom stereocenters. The molecule has 22 heavy (non-hydrogen) atoms. The smallest absolute Gasteiger partial charge is 0.0754 e. The minimum atomic E-state index is 0.423. The normalized spacial score (nSPS) is 18.0. The van der Waals surface area contributed by atoms with E-state index >= 15 is 0 Å². The second-order valence-corrected chi connectivity index (χ2v) is 5.80. The van der Waals surface area contributed by atoms with Crippen molar-refractivity contribution in [2.24, 2.45) is 0 Å². The molecule has 4 rings (SSSR count). The fourth-order valence-corrected chi connectivity index (χ4v) is 3.42. The molecule has 0 bridgehead atoms. The Morgan fingerprint density at radius 3 is 2.77 bits per heavy atom. The summed E-state index contributed by atoms with van der Waals surface area (Å²) in [5.74, 6) is 0. The topological polar surface area (TPSA) is 20.5 Å². The zero-order chi connectivity index (χ0) is 14.9. The Hall–Kier alpha value is -2.55. The predicted molar refractivity (Wildman–Crippen MR) is 89.3 cm³/mol. The van der Waals surface area contributed by atoms with Gasteiger partial charge in [-0.1, -0.05) is 43.0 Å². The number of pyridine rings is 1. The number of benzene rings is 1. The molecule has 1 atom stereocenters. The average Bonchev–Trinajstić information content (AvgIpc) is 3.22. The first-order chi connectivity index (χ1) is 10.8. The van der Waals surface area contributed by atoms with Crippen LogP contribution in [0.2, 0.25) is 0 Å². The van der Waals surface area contributed by atoms with Crippen LogP contribution in [0, 0.1) is 0 Å². The average molecular weight is 289 g/mol. The molecule has 110 valence electrons. The lowest BCUT2D eigenvalue weighted by Gasteiger charge is -2.28. The Kier molecular flexibility index (Phi) is 3.19. The zero-order valence-electron chi connectivity index (χ0n) is 12.5. The number of hydrogen-bond donors (Lipinski definition) is 0. The lowest BCUT2D eigenvalue weighted by Crippen LogP contribution is -2.21. The second kappa shape index (κ2) is 5.34. The van der Waals surface area contributed by atoms with Crippen molar-refractivity contribution in [2.75, 3.05) is 6.54 Å². The molecule has 0 spiro atoms. The van der Waals surface area contributed by atoms with Crippen LogP contribution in [0.15, 0.2) is 67.5 Å². The molecule has 1 aromatic carbocycles. The molecule has 0 radical (unpaired) electrons. The first-order valence-corrected chi connectivity index (χ1v) is 7.78. The van der Waals surface area contributed by atoms with Gasteiger partial charge in [0.25, 0.3) is 0 Å². The molecular weight excluding hydrogens is 270 g/mol. The molecule has 3 heteroatoms. The Balaban J connectivity index is 1.70. The predicted octanol–water partition coefficient (Wildman–Crippen LogP) is 4.14. The summed E-state index contributed by atoms with van der Waals surface area (Å²) in [5, 5.41) is 4.44. The van der Waals surface area contributed by atoms with E-state index in [9.17, 15) is 0 Å². The highest BCUT2D eigenvalue weighted by molar-refractivity contribution is 5.76. The van der Waals surface area contributed by atoms with Crippen molar-refractivity contribution in [1.29, 1.82) is 0 Å². The van der Waals surface area contributed by atoms with Crippen molar-refractivity contribution in [1.82, 2.24) is 14.5 Å². The van der Waals surface area contributed by atoms with Gasteiger partial charge in [-0.15, -0.1) is 0 Å². The van der Waals surface area contributed by atoms with Crippen LogP contribution in [-0.2, 0) is 0 Å². The number of fused-ring (bicyclic) bond motifs is 1. The standard InChI is InChI=1S/C19H19N3/c1-15(17-14-20-22-13-6-5-10-19(17)22)21-12-7-11-18(21)16-8-3-2-4-9-16/h2-6,8-10,13-14,18H,1,7,11-12H2. The van der Waals surface area contributed by atoms with Crippen molar-refractivity contribution < 1.29 is 0 Å². The monoisotopic (exact) mass is 289 g/mol. The largest absolute Gasteiger partial charge is 0.364 e. The first-order valence-electron chi connectivity index (χ1n) is 7.78. The zero-order valence-corrected chi connectivity index (χ0v) is 12.5. The van der Waals surface area contributed by atoms with Gasteiger partial charge in [-0.05, 0) is 30.5 Å². The van der Waals surface area contributed by atoms with Crippen LogP contribution >= 0.6 is 0 Å². The van der Waals surface area contributed by atoms with Crippen molar-refractivity contribution in [3.63, 3.8) is 0 Å². The fourth-order valence-electron chi connectivity index (χ4n) is 3.42. The Morgan fingerprint density at radius 1 is 1.09 bits per heavy atom. The lowest BCUT2D eigenvalue weighted by molar-refractivity contribution is 0.380. The van der Waals surface area contributed by atoms with E-state index in [-0.39, 0.29) is 0 Å². The first kappa shape index (κ1) is 13.1. The summed E-state index contributed by atoms with van der Waals surface area (Å²) in [6.45, 7) is 5.44. The maximum atomic E-state index is 4.44. The molecule has 0 N–H and O–H groups in total. The molecule has 2 aromatic heterocycles. The second-order valence-electron chi connectivity index (χ2n) is 5.80. The Bertz CT molecular complexity index is 804. The number of rotatable bonds is 3. The van der Waals surface area contributed by atoms with Crippen molar-refractivity contribution in [3.05, 3.63) is 78.6 Å². The quantitative estimate of drug-likeness (QED) is 0.722. The summed E-state index contributed by atoms with van der Waals surface area (Å²) in [5.41, 5.74) is 4.69. The summed E-state index contributed by atoms with van der Waals surface area (Å²) < 4.78 is 1.91. The maximum Gasteiger partial charge on any atom is 0.0754 e. The Labute approximate surface area is 130 Å². The van der Waals surface area contributed by atoms with Crippen LogP contribution in [-0.4, -0.2) is 21.1 Å². The number of nitrogens with zero attached hydrogens (tertiary/aromatic N) is 3. The molecule has 1 fully saturated rings. The van der Waals surface area contributed by atoms with Gasteiger partial charge >= 0.3 is 0 Å². The minimum Gasteiger partial charge on any atom is -0.364 e. The molecule has 3 aromatic rings. The van der Waals surface area contributed by atoms with Gasteiger partial charge in [0.1, 0.15) is 0 Å². The molecular formula is C19H19N3. The highest BCUT2D eigenvalue weighted by atomic mass is 15.2. The van der Waals surface area contributed by atoms with Gasteiger partial charge in [-0.3, -0.25) is 0 Å². The van der Waals surface area contributed by atoms with Gasteiger partial charge < -0.3 is 4.90 Å². The van der Waals surface area contributed by atoms with Crippen LogP contribution < -0.4 is 0 Å². The lowest BCUT2D eigenvalue weighted by atomic mass is 10.0. The summed E-state index contributed by atoms with van der Waals surface area (Å²) >= 11 is 0. The molecule has 0 aliphatic carbocycles.